The lowest BCUT2D eigenvalue weighted by Gasteiger charge is -2.38. The minimum absolute atomic E-state index is 0.0625. The number of anilines is 1. The number of halogens is 1. The topological polar surface area (TPSA) is 82.5 Å². The molecule has 168 valence electrons. The summed E-state index contributed by atoms with van der Waals surface area (Å²) in [5, 5.41) is 13.2. The number of aryl methyl sites for hydroxylation is 2. The van der Waals surface area contributed by atoms with Crippen LogP contribution in [0.5, 0.6) is 0 Å². The van der Waals surface area contributed by atoms with Crippen LogP contribution in [0.3, 0.4) is 0 Å². The van der Waals surface area contributed by atoms with E-state index in [4.69, 9.17) is 21.7 Å². The van der Waals surface area contributed by atoms with Gasteiger partial charge < -0.3 is 15.3 Å². The van der Waals surface area contributed by atoms with Crippen LogP contribution in [-0.4, -0.2) is 41.6 Å². The second-order valence-corrected chi connectivity index (χ2v) is 10.1. The van der Waals surface area contributed by atoms with Crippen LogP contribution in [0.1, 0.15) is 23.8 Å². The third kappa shape index (κ3) is 4.45. The smallest absolute Gasteiger partial charge is 0.305 e. The highest BCUT2D eigenvalue weighted by Gasteiger charge is 2.38. The molecule has 1 amide bonds. The maximum atomic E-state index is 12.6. The highest BCUT2D eigenvalue weighted by Crippen LogP contribution is 2.41. The number of benzene rings is 1. The Morgan fingerprint density at radius 3 is 2.81 bits per heavy atom. The van der Waals surface area contributed by atoms with E-state index in [-0.39, 0.29) is 30.7 Å². The molecule has 0 spiro atoms. The van der Waals surface area contributed by atoms with Crippen molar-refractivity contribution in [3.05, 3.63) is 57.0 Å². The number of carbonyl (C=O) groups is 2. The number of nitrogens with one attached hydrogen (secondary N) is 1. The number of carboxylic acids is 1. The quantitative estimate of drug-likeness (QED) is 0.642. The number of rotatable bonds is 6. The van der Waals surface area contributed by atoms with Crippen LogP contribution in [0.25, 0.3) is 11.3 Å². The summed E-state index contributed by atoms with van der Waals surface area (Å²) in [6.07, 6.45) is 3.83. The van der Waals surface area contributed by atoms with Gasteiger partial charge in [-0.05, 0) is 37.0 Å². The highest BCUT2D eigenvalue weighted by molar-refractivity contribution is 7.16. The average Bonchev–Trinajstić information content (AvgIpc) is 3.34. The average molecular weight is 472 g/mol. The number of aliphatic carboxylic acids is 1. The van der Waals surface area contributed by atoms with Crippen LogP contribution in [0.4, 0.5) is 5.13 Å². The summed E-state index contributed by atoms with van der Waals surface area (Å²) >= 11 is 8.00. The largest absolute Gasteiger partial charge is 0.481 e. The fourth-order valence-electron chi connectivity index (χ4n) is 4.44. The Kier molecular flexibility index (Phi) is 6.40. The Morgan fingerprint density at radius 2 is 2.09 bits per heavy atom. The van der Waals surface area contributed by atoms with Gasteiger partial charge in [0, 0.05) is 46.6 Å². The van der Waals surface area contributed by atoms with E-state index in [1.54, 1.807) is 11.3 Å². The third-order valence-electron chi connectivity index (χ3n) is 6.05. The Hall–Kier alpha value is -2.64. The summed E-state index contributed by atoms with van der Waals surface area (Å²) in [4.78, 5) is 31.7. The molecule has 6 nitrogen and oxygen atoms in total. The number of aromatic nitrogens is 1. The number of thiazole rings is 1. The van der Waals surface area contributed by atoms with E-state index >= 15 is 0 Å². The van der Waals surface area contributed by atoms with Crippen molar-refractivity contribution >= 4 is 39.9 Å². The van der Waals surface area contributed by atoms with E-state index in [1.807, 2.05) is 31.2 Å². The summed E-state index contributed by atoms with van der Waals surface area (Å²) < 4.78 is 0. The molecular formula is C24H26ClN3O3S. The number of hydrogen-bond acceptors (Lipinski definition) is 5. The number of piperidine rings is 1. The van der Waals surface area contributed by atoms with Crippen molar-refractivity contribution in [3.63, 3.8) is 0 Å². The molecule has 1 aromatic heterocycles. The second-order valence-electron chi connectivity index (χ2n) is 8.46. The van der Waals surface area contributed by atoms with Crippen LogP contribution in [0.2, 0.25) is 5.02 Å². The first kappa shape index (κ1) is 22.6. The van der Waals surface area contributed by atoms with Crippen molar-refractivity contribution in [1.82, 2.24) is 10.3 Å². The summed E-state index contributed by atoms with van der Waals surface area (Å²) in [6, 6.07) is 6.04. The lowest BCUT2D eigenvalue weighted by atomic mass is 9.80. The van der Waals surface area contributed by atoms with Gasteiger partial charge in [-0.25, -0.2) is 4.98 Å². The zero-order valence-electron chi connectivity index (χ0n) is 18.3. The number of allylic oxidation sites excluding steroid dienone is 2. The van der Waals surface area contributed by atoms with Gasteiger partial charge in [0.1, 0.15) is 0 Å². The van der Waals surface area contributed by atoms with Gasteiger partial charge >= 0.3 is 5.97 Å². The fraction of sp³-hybridized carbons (Fsp3) is 0.375. The summed E-state index contributed by atoms with van der Waals surface area (Å²) in [6.45, 7) is 7.87. The molecule has 2 aromatic rings. The molecule has 2 heterocycles. The molecule has 2 aliphatic rings. The summed E-state index contributed by atoms with van der Waals surface area (Å²) in [5.41, 5.74) is 4.94. The third-order valence-corrected chi connectivity index (χ3v) is 7.49. The molecule has 1 aromatic carbocycles. The minimum Gasteiger partial charge on any atom is -0.481 e. The maximum Gasteiger partial charge on any atom is 0.305 e. The molecule has 1 saturated heterocycles. The van der Waals surface area contributed by atoms with Crippen molar-refractivity contribution < 1.29 is 14.7 Å². The van der Waals surface area contributed by atoms with Gasteiger partial charge in [-0.2, -0.15) is 0 Å². The van der Waals surface area contributed by atoms with Crippen LogP contribution in [0.15, 0.2) is 41.5 Å². The normalized spacial score (nSPS) is 19.9. The predicted octanol–water partition coefficient (Wildman–Crippen LogP) is 4.61. The molecule has 1 aliphatic carbocycles. The molecular weight excluding hydrogens is 446 g/mol. The van der Waals surface area contributed by atoms with Gasteiger partial charge in [0.15, 0.2) is 5.13 Å². The number of carboxylic acid groups (broad SMARTS) is 1. The van der Waals surface area contributed by atoms with E-state index in [2.05, 4.69) is 30.1 Å². The number of hydrogen-bond donors (Lipinski definition) is 2. The zero-order valence-corrected chi connectivity index (χ0v) is 19.9. The lowest BCUT2D eigenvalue weighted by molar-refractivity contribution is -0.136. The van der Waals surface area contributed by atoms with Gasteiger partial charge in [0.25, 0.3) is 0 Å². The second kappa shape index (κ2) is 9.08. The van der Waals surface area contributed by atoms with E-state index in [9.17, 15) is 9.59 Å². The summed E-state index contributed by atoms with van der Waals surface area (Å²) in [7, 11) is 0. The van der Waals surface area contributed by atoms with Gasteiger partial charge in [-0.15, -0.1) is 11.3 Å². The maximum absolute atomic E-state index is 12.6. The van der Waals surface area contributed by atoms with Crippen LogP contribution >= 0.6 is 22.9 Å². The zero-order chi connectivity index (χ0) is 23.0. The van der Waals surface area contributed by atoms with Crippen LogP contribution in [-0.2, 0) is 9.59 Å². The lowest BCUT2D eigenvalue weighted by Crippen LogP contribution is -2.43. The Labute approximate surface area is 196 Å². The minimum atomic E-state index is -0.919. The first-order valence-corrected chi connectivity index (χ1v) is 11.8. The van der Waals surface area contributed by atoms with Gasteiger partial charge in [-0.3, -0.25) is 9.59 Å². The predicted molar refractivity (Wildman–Crippen MR) is 128 cm³/mol. The van der Waals surface area contributed by atoms with Gasteiger partial charge in [0.2, 0.25) is 5.91 Å². The van der Waals surface area contributed by atoms with Crippen molar-refractivity contribution in [2.75, 3.05) is 24.5 Å². The number of nitrogens with zero attached hydrogens (tertiary/aromatic N) is 2. The molecule has 0 saturated carbocycles. The molecule has 0 radical (unpaired) electrons. The van der Waals surface area contributed by atoms with Gasteiger partial charge in [-0.1, -0.05) is 42.8 Å². The standard InChI is InChI=1S/C24H26ClN3O3S/c1-13-4-5-16(10-19(13)25)22-15(3)32-24(27-22)28-11-14(2)21-17(12-28)6-7-18(21)23(31)26-9-8-20(29)30/h4-7,10,14,21H,8-9,11-12H2,1-3H3,(H,26,31)(H,29,30). The van der Waals surface area contributed by atoms with Crippen molar-refractivity contribution in [3.8, 4) is 11.3 Å². The molecule has 1 aliphatic heterocycles. The van der Waals surface area contributed by atoms with Crippen LogP contribution in [0, 0.1) is 25.7 Å². The Morgan fingerprint density at radius 1 is 1.31 bits per heavy atom. The molecule has 1 fully saturated rings. The molecule has 2 unspecified atom stereocenters. The molecule has 8 heteroatoms. The monoisotopic (exact) mass is 471 g/mol. The van der Waals surface area contributed by atoms with E-state index < -0.39 is 5.97 Å². The first-order valence-electron chi connectivity index (χ1n) is 10.6. The Balaban J connectivity index is 1.48. The van der Waals surface area contributed by atoms with E-state index in [1.165, 1.54) is 5.57 Å². The van der Waals surface area contributed by atoms with Gasteiger partial charge in [0.05, 0.1) is 12.1 Å². The van der Waals surface area contributed by atoms with E-state index in [0.29, 0.717) is 0 Å². The molecule has 32 heavy (non-hydrogen) atoms. The SMILES string of the molecule is Cc1ccc(-c2nc(N3CC4=CC=C(C(=O)NCCC(=O)O)C4C(C)C3)sc2C)cc1Cl. The first-order chi connectivity index (χ1) is 15.2. The fourth-order valence-corrected chi connectivity index (χ4v) is 5.56. The molecule has 2 N–H and O–H groups in total. The molecule has 0 bridgehead atoms. The van der Waals surface area contributed by atoms with Crippen LogP contribution < -0.4 is 10.2 Å². The number of fused-ring (bicyclic) bond motifs is 1. The van der Waals surface area contributed by atoms with Crippen molar-refractivity contribution in [2.24, 2.45) is 11.8 Å². The van der Waals surface area contributed by atoms with Crippen molar-refractivity contribution in [1.29, 1.82) is 0 Å². The highest BCUT2D eigenvalue weighted by atomic mass is 35.5. The summed E-state index contributed by atoms with van der Waals surface area (Å²) in [5.74, 6) is -0.799. The number of amides is 1. The Bertz CT molecular complexity index is 1140. The molecule has 2 atom stereocenters. The number of carbonyl (C=O) groups excluding carboxylic acids is 1. The molecule has 4 rings (SSSR count). The van der Waals surface area contributed by atoms with Crippen molar-refractivity contribution in [2.45, 2.75) is 27.2 Å². The van der Waals surface area contributed by atoms with E-state index in [0.717, 1.165) is 50.5 Å².